The van der Waals surface area contributed by atoms with Crippen LogP contribution in [0.15, 0.2) is 42.6 Å². The lowest BCUT2D eigenvalue weighted by Crippen LogP contribution is -2.25. The number of halogens is 1. The van der Waals surface area contributed by atoms with Crippen LogP contribution in [0, 0.1) is 5.82 Å². The van der Waals surface area contributed by atoms with E-state index in [1.165, 1.54) is 43.9 Å². The maximum Gasteiger partial charge on any atom is 0.251 e. The maximum atomic E-state index is 13.1. The molecule has 1 aliphatic heterocycles. The molecule has 0 unspecified atom stereocenters. The molecule has 5 heteroatoms. The molecule has 1 aromatic carbocycles. The van der Waals surface area contributed by atoms with E-state index in [0.717, 1.165) is 24.5 Å². The largest absolute Gasteiger partial charge is 0.357 e. The molecule has 1 saturated heterocycles. The Morgan fingerprint density at radius 3 is 2.58 bits per heavy atom. The highest BCUT2D eigenvalue weighted by molar-refractivity contribution is 5.94. The molecule has 1 aliphatic rings. The summed E-state index contributed by atoms with van der Waals surface area (Å²) in [4.78, 5) is 18.9. The third-order valence-electron chi connectivity index (χ3n) is 4.28. The first kappa shape index (κ1) is 16.4. The van der Waals surface area contributed by atoms with Crippen LogP contribution in [0.1, 0.15) is 41.6 Å². The molecule has 2 aromatic rings. The third-order valence-corrected chi connectivity index (χ3v) is 4.28. The fourth-order valence-electron chi connectivity index (χ4n) is 2.92. The average Bonchev–Trinajstić information content (AvgIpc) is 2.89. The van der Waals surface area contributed by atoms with Crippen molar-refractivity contribution >= 4 is 11.7 Å². The molecule has 0 bridgehead atoms. The van der Waals surface area contributed by atoms with Crippen LogP contribution in [0.4, 0.5) is 10.2 Å². The molecule has 2 heterocycles. The number of hydrogen-bond acceptors (Lipinski definition) is 3. The highest BCUT2D eigenvalue weighted by Gasteiger charge is 2.11. The summed E-state index contributed by atoms with van der Waals surface area (Å²) >= 11 is 0. The summed E-state index contributed by atoms with van der Waals surface area (Å²) in [6.45, 7) is 2.49. The quantitative estimate of drug-likeness (QED) is 0.934. The zero-order valence-electron chi connectivity index (χ0n) is 13.7. The summed E-state index contributed by atoms with van der Waals surface area (Å²) in [5, 5.41) is 2.79. The van der Waals surface area contributed by atoms with Gasteiger partial charge >= 0.3 is 0 Å². The minimum atomic E-state index is -0.411. The van der Waals surface area contributed by atoms with Gasteiger partial charge in [0.15, 0.2) is 0 Å². The average molecular weight is 327 g/mol. The molecule has 4 nitrogen and oxygen atoms in total. The molecule has 1 fully saturated rings. The predicted molar refractivity (Wildman–Crippen MR) is 92.5 cm³/mol. The van der Waals surface area contributed by atoms with Gasteiger partial charge in [0.1, 0.15) is 11.6 Å². The zero-order valence-corrected chi connectivity index (χ0v) is 13.7. The van der Waals surface area contributed by atoms with E-state index in [2.05, 4.69) is 15.2 Å². The first-order valence-electron chi connectivity index (χ1n) is 8.46. The lowest BCUT2D eigenvalue weighted by Gasteiger charge is -2.21. The lowest BCUT2D eigenvalue weighted by molar-refractivity contribution is 0.0950. The Morgan fingerprint density at radius 1 is 1.12 bits per heavy atom. The fourth-order valence-corrected chi connectivity index (χ4v) is 2.92. The fraction of sp³-hybridized carbons (Fsp3) is 0.368. The van der Waals surface area contributed by atoms with Gasteiger partial charge in [-0.05, 0) is 42.7 Å². The van der Waals surface area contributed by atoms with Crippen molar-refractivity contribution in [2.45, 2.75) is 32.2 Å². The van der Waals surface area contributed by atoms with E-state index in [0.29, 0.717) is 12.1 Å². The van der Waals surface area contributed by atoms with E-state index in [1.807, 2.05) is 12.1 Å². The molecular formula is C19H22FN3O. The molecule has 0 saturated carbocycles. The molecule has 0 spiro atoms. The molecule has 1 amide bonds. The number of pyridine rings is 1. The highest BCUT2D eigenvalue weighted by atomic mass is 19.1. The van der Waals surface area contributed by atoms with Gasteiger partial charge in [-0.15, -0.1) is 0 Å². The van der Waals surface area contributed by atoms with E-state index in [9.17, 15) is 9.18 Å². The minimum Gasteiger partial charge on any atom is -0.357 e. The summed E-state index contributed by atoms with van der Waals surface area (Å²) in [5.74, 6) is 0.300. The van der Waals surface area contributed by atoms with E-state index in [-0.39, 0.29) is 5.91 Å². The number of carbonyl (C=O) groups is 1. The van der Waals surface area contributed by atoms with Crippen LogP contribution >= 0.6 is 0 Å². The second-order valence-corrected chi connectivity index (χ2v) is 6.12. The highest BCUT2D eigenvalue weighted by Crippen LogP contribution is 2.17. The molecular weight excluding hydrogens is 305 g/mol. The van der Waals surface area contributed by atoms with Crippen molar-refractivity contribution in [2.24, 2.45) is 0 Å². The van der Waals surface area contributed by atoms with Gasteiger partial charge < -0.3 is 10.2 Å². The van der Waals surface area contributed by atoms with E-state index in [1.54, 1.807) is 12.3 Å². The summed E-state index contributed by atoms with van der Waals surface area (Å²) in [6, 6.07) is 9.67. The second-order valence-electron chi connectivity index (χ2n) is 6.12. The Kier molecular flexibility index (Phi) is 5.41. The Balaban J connectivity index is 1.57. The van der Waals surface area contributed by atoms with Crippen molar-refractivity contribution in [2.75, 3.05) is 18.0 Å². The Hall–Kier alpha value is -2.43. The second kappa shape index (κ2) is 7.90. The third kappa shape index (κ3) is 4.31. The summed E-state index contributed by atoms with van der Waals surface area (Å²) in [7, 11) is 0. The smallest absolute Gasteiger partial charge is 0.251 e. The van der Waals surface area contributed by atoms with Gasteiger partial charge in [-0.1, -0.05) is 25.0 Å². The molecule has 0 aliphatic carbocycles. The van der Waals surface area contributed by atoms with Crippen LogP contribution in [0.25, 0.3) is 0 Å². The molecule has 0 atom stereocenters. The van der Waals surface area contributed by atoms with Gasteiger partial charge in [-0.3, -0.25) is 4.79 Å². The van der Waals surface area contributed by atoms with Crippen molar-refractivity contribution in [3.8, 4) is 0 Å². The van der Waals surface area contributed by atoms with Crippen LogP contribution in [0.5, 0.6) is 0 Å². The van der Waals surface area contributed by atoms with Gasteiger partial charge in [0.25, 0.3) is 5.91 Å². The van der Waals surface area contributed by atoms with Crippen molar-refractivity contribution in [3.05, 3.63) is 59.5 Å². The van der Waals surface area contributed by atoms with Crippen LogP contribution in [-0.4, -0.2) is 24.0 Å². The summed E-state index contributed by atoms with van der Waals surface area (Å²) < 4.78 is 13.1. The molecule has 1 N–H and O–H groups in total. The molecule has 1 aromatic heterocycles. The maximum absolute atomic E-state index is 13.1. The molecule has 24 heavy (non-hydrogen) atoms. The van der Waals surface area contributed by atoms with Crippen LogP contribution in [0.2, 0.25) is 0 Å². The van der Waals surface area contributed by atoms with Gasteiger partial charge in [0.05, 0.1) is 0 Å². The Morgan fingerprint density at radius 2 is 1.92 bits per heavy atom. The predicted octanol–water partition coefficient (Wildman–Crippen LogP) is 3.53. The van der Waals surface area contributed by atoms with Crippen molar-refractivity contribution in [3.63, 3.8) is 0 Å². The van der Waals surface area contributed by atoms with Crippen molar-refractivity contribution in [1.29, 1.82) is 0 Å². The van der Waals surface area contributed by atoms with Gasteiger partial charge in [-0.25, -0.2) is 9.37 Å². The number of benzene rings is 1. The summed E-state index contributed by atoms with van der Waals surface area (Å²) in [5.41, 5.74) is 1.25. The lowest BCUT2D eigenvalue weighted by atomic mass is 10.2. The van der Waals surface area contributed by atoms with E-state index in [4.69, 9.17) is 0 Å². The first-order chi connectivity index (χ1) is 11.7. The number of nitrogens with zero attached hydrogens (tertiary/aromatic N) is 2. The minimum absolute atomic E-state index is 0.286. The number of anilines is 1. The number of amides is 1. The van der Waals surface area contributed by atoms with Crippen LogP contribution < -0.4 is 10.2 Å². The number of aromatic nitrogens is 1. The Bertz CT molecular complexity index is 679. The van der Waals surface area contributed by atoms with E-state index < -0.39 is 5.82 Å². The number of carbonyl (C=O) groups excluding carboxylic acids is 1. The van der Waals surface area contributed by atoms with Gasteiger partial charge in [0, 0.05) is 31.4 Å². The van der Waals surface area contributed by atoms with Gasteiger partial charge in [0.2, 0.25) is 0 Å². The molecule has 3 rings (SSSR count). The van der Waals surface area contributed by atoms with Crippen molar-refractivity contribution < 1.29 is 9.18 Å². The van der Waals surface area contributed by atoms with E-state index >= 15 is 0 Å². The van der Waals surface area contributed by atoms with Gasteiger partial charge in [-0.2, -0.15) is 0 Å². The monoisotopic (exact) mass is 327 g/mol. The zero-order chi connectivity index (χ0) is 16.8. The van der Waals surface area contributed by atoms with Crippen molar-refractivity contribution in [1.82, 2.24) is 10.3 Å². The Labute approximate surface area is 141 Å². The van der Waals surface area contributed by atoms with Crippen LogP contribution in [0.3, 0.4) is 0 Å². The SMILES string of the molecule is O=C(NCc1ccc(N2CCCCCC2)nc1)c1cccc(F)c1. The standard InChI is InChI=1S/C19H22FN3O/c20-17-7-5-6-16(12-17)19(24)22-14-15-8-9-18(21-13-15)23-10-3-1-2-4-11-23/h5-9,12-13H,1-4,10-11,14H2,(H,22,24). The first-order valence-corrected chi connectivity index (χ1v) is 8.46. The number of nitrogens with one attached hydrogen (secondary N) is 1. The molecule has 126 valence electrons. The normalized spacial score (nSPS) is 15.0. The molecule has 0 radical (unpaired) electrons. The number of hydrogen-bond donors (Lipinski definition) is 1. The topological polar surface area (TPSA) is 45.2 Å². The number of rotatable bonds is 4. The van der Waals surface area contributed by atoms with Crippen LogP contribution in [-0.2, 0) is 6.54 Å². The summed E-state index contributed by atoms with van der Waals surface area (Å²) in [6.07, 6.45) is 6.81.